The first-order chi connectivity index (χ1) is 9.25. The van der Waals surface area contributed by atoms with Crippen LogP contribution in [0.5, 0.6) is 5.75 Å². The molecule has 1 N–H and O–H groups in total. The Morgan fingerprint density at radius 2 is 2.05 bits per heavy atom. The van der Waals surface area contributed by atoms with Gasteiger partial charge in [0.1, 0.15) is 12.4 Å². The lowest BCUT2D eigenvalue weighted by Gasteiger charge is -2.07. The zero-order valence-electron chi connectivity index (χ0n) is 10.0. The first-order valence-electron chi connectivity index (χ1n) is 5.70. The molecule has 0 atom stereocenters. The summed E-state index contributed by atoms with van der Waals surface area (Å²) in [4.78, 5) is 11.6. The summed E-state index contributed by atoms with van der Waals surface area (Å²) in [7, 11) is 0. The minimum Gasteiger partial charge on any atom is -0.492 e. The Bertz CT molecular complexity index is 531. The SMILES string of the molecule is O=C(NCCOc1ccc(Cl)cc1)c1cccnn1. The van der Waals surface area contributed by atoms with Gasteiger partial charge in [-0.25, -0.2) is 0 Å². The molecule has 0 aliphatic heterocycles. The van der Waals surface area contributed by atoms with Crippen LogP contribution in [-0.4, -0.2) is 29.3 Å². The highest BCUT2D eigenvalue weighted by atomic mass is 35.5. The maximum absolute atomic E-state index is 11.6. The van der Waals surface area contributed by atoms with Gasteiger partial charge < -0.3 is 10.1 Å². The number of hydrogen-bond acceptors (Lipinski definition) is 4. The highest BCUT2D eigenvalue weighted by molar-refractivity contribution is 6.30. The predicted molar refractivity (Wildman–Crippen MR) is 71.3 cm³/mol. The van der Waals surface area contributed by atoms with Gasteiger partial charge in [-0.2, -0.15) is 5.10 Å². The average molecular weight is 278 g/mol. The summed E-state index contributed by atoms with van der Waals surface area (Å²) in [5.74, 6) is 0.436. The summed E-state index contributed by atoms with van der Waals surface area (Å²) in [5.41, 5.74) is 0.286. The van der Waals surface area contributed by atoms with E-state index in [9.17, 15) is 4.79 Å². The van der Waals surface area contributed by atoms with Crippen molar-refractivity contribution in [3.05, 3.63) is 53.3 Å². The van der Waals surface area contributed by atoms with Crippen LogP contribution in [0.3, 0.4) is 0 Å². The number of benzene rings is 1. The van der Waals surface area contributed by atoms with Crippen LogP contribution in [0, 0.1) is 0 Å². The van der Waals surface area contributed by atoms with Gasteiger partial charge in [0.2, 0.25) is 0 Å². The number of aromatic nitrogens is 2. The summed E-state index contributed by atoms with van der Waals surface area (Å²) in [6.45, 7) is 0.756. The molecule has 0 saturated carbocycles. The van der Waals surface area contributed by atoms with Gasteiger partial charge >= 0.3 is 0 Å². The number of rotatable bonds is 5. The molecule has 1 amide bonds. The molecule has 0 aliphatic rings. The Labute approximate surface area is 115 Å². The van der Waals surface area contributed by atoms with E-state index < -0.39 is 0 Å². The number of halogens is 1. The Kier molecular flexibility index (Phi) is 4.69. The topological polar surface area (TPSA) is 64.1 Å². The number of amides is 1. The lowest BCUT2D eigenvalue weighted by molar-refractivity contribution is 0.0941. The quantitative estimate of drug-likeness (QED) is 0.849. The second-order valence-electron chi connectivity index (χ2n) is 3.67. The largest absolute Gasteiger partial charge is 0.492 e. The van der Waals surface area contributed by atoms with E-state index in [0.717, 1.165) is 0 Å². The molecule has 0 unspecified atom stereocenters. The zero-order chi connectivity index (χ0) is 13.5. The average Bonchev–Trinajstić information content (AvgIpc) is 2.46. The third-order valence-electron chi connectivity index (χ3n) is 2.27. The fraction of sp³-hybridized carbons (Fsp3) is 0.154. The molecule has 0 bridgehead atoms. The smallest absolute Gasteiger partial charge is 0.271 e. The highest BCUT2D eigenvalue weighted by Crippen LogP contribution is 2.15. The number of carbonyl (C=O) groups excluding carboxylic acids is 1. The van der Waals surface area contributed by atoms with Crippen molar-refractivity contribution in [2.45, 2.75) is 0 Å². The molecule has 2 rings (SSSR count). The molecule has 0 saturated heterocycles. The van der Waals surface area contributed by atoms with Gasteiger partial charge in [0.25, 0.3) is 5.91 Å². The van der Waals surface area contributed by atoms with Crippen molar-refractivity contribution in [2.24, 2.45) is 0 Å². The van der Waals surface area contributed by atoms with Gasteiger partial charge in [-0.1, -0.05) is 11.6 Å². The molecule has 1 aromatic heterocycles. The third kappa shape index (κ3) is 4.22. The standard InChI is InChI=1S/C13H12ClN3O2/c14-10-3-5-11(6-4-10)19-9-8-15-13(18)12-2-1-7-16-17-12/h1-7H,8-9H2,(H,15,18). The molecule has 5 nitrogen and oxygen atoms in total. The van der Waals surface area contributed by atoms with E-state index in [1.165, 1.54) is 6.20 Å². The lowest BCUT2D eigenvalue weighted by atomic mass is 10.3. The Morgan fingerprint density at radius 3 is 2.74 bits per heavy atom. The van der Waals surface area contributed by atoms with E-state index in [2.05, 4.69) is 15.5 Å². The second kappa shape index (κ2) is 6.70. The normalized spacial score (nSPS) is 9.95. The number of carbonyl (C=O) groups is 1. The summed E-state index contributed by atoms with van der Waals surface area (Å²) in [6, 6.07) is 10.3. The zero-order valence-corrected chi connectivity index (χ0v) is 10.8. The van der Waals surface area contributed by atoms with Gasteiger partial charge in [0.15, 0.2) is 5.69 Å². The molecule has 1 heterocycles. The van der Waals surface area contributed by atoms with Crippen LogP contribution in [0.2, 0.25) is 5.02 Å². The summed E-state index contributed by atoms with van der Waals surface area (Å²) < 4.78 is 5.44. The van der Waals surface area contributed by atoms with Gasteiger partial charge in [0.05, 0.1) is 6.54 Å². The monoisotopic (exact) mass is 277 g/mol. The molecule has 0 spiro atoms. The number of nitrogens with zero attached hydrogens (tertiary/aromatic N) is 2. The Balaban J connectivity index is 1.72. The van der Waals surface area contributed by atoms with Crippen molar-refractivity contribution in [2.75, 3.05) is 13.2 Å². The molecule has 0 aliphatic carbocycles. The summed E-state index contributed by atoms with van der Waals surface area (Å²) in [5, 5.41) is 10.7. The van der Waals surface area contributed by atoms with E-state index >= 15 is 0 Å². The van der Waals surface area contributed by atoms with Crippen molar-refractivity contribution >= 4 is 17.5 Å². The van der Waals surface area contributed by atoms with Crippen LogP contribution in [-0.2, 0) is 0 Å². The molecule has 1 aromatic carbocycles. The Hall–Kier alpha value is -2.14. The predicted octanol–water partition coefficient (Wildman–Crippen LogP) is 1.94. The molecule has 0 radical (unpaired) electrons. The van der Waals surface area contributed by atoms with Crippen LogP contribution < -0.4 is 10.1 Å². The maximum atomic E-state index is 11.6. The lowest BCUT2D eigenvalue weighted by Crippen LogP contribution is -2.28. The molecule has 19 heavy (non-hydrogen) atoms. The summed E-state index contributed by atoms with van der Waals surface area (Å²) in [6.07, 6.45) is 1.51. The van der Waals surface area contributed by atoms with E-state index in [-0.39, 0.29) is 11.6 Å². The third-order valence-corrected chi connectivity index (χ3v) is 2.53. The molecular formula is C13H12ClN3O2. The number of ether oxygens (including phenoxy) is 1. The second-order valence-corrected chi connectivity index (χ2v) is 4.10. The van der Waals surface area contributed by atoms with Crippen LogP contribution in [0.15, 0.2) is 42.6 Å². The summed E-state index contributed by atoms with van der Waals surface area (Å²) >= 11 is 5.76. The molecule has 2 aromatic rings. The van der Waals surface area contributed by atoms with Gasteiger partial charge in [0, 0.05) is 11.2 Å². The molecule has 98 valence electrons. The minimum absolute atomic E-state index is 0.271. The van der Waals surface area contributed by atoms with Crippen LogP contribution in [0.25, 0.3) is 0 Å². The van der Waals surface area contributed by atoms with Gasteiger partial charge in [-0.15, -0.1) is 5.10 Å². The van der Waals surface area contributed by atoms with Gasteiger partial charge in [-0.3, -0.25) is 4.79 Å². The van der Waals surface area contributed by atoms with E-state index in [0.29, 0.717) is 23.9 Å². The highest BCUT2D eigenvalue weighted by Gasteiger charge is 2.05. The number of nitrogens with one attached hydrogen (secondary N) is 1. The van der Waals surface area contributed by atoms with Gasteiger partial charge in [-0.05, 0) is 36.4 Å². The first kappa shape index (κ1) is 13.3. The fourth-order valence-corrected chi connectivity index (χ4v) is 1.50. The maximum Gasteiger partial charge on any atom is 0.271 e. The first-order valence-corrected chi connectivity index (χ1v) is 6.08. The Morgan fingerprint density at radius 1 is 1.26 bits per heavy atom. The van der Waals surface area contributed by atoms with Crippen molar-refractivity contribution < 1.29 is 9.53 Å². The minimum atomic E-state index is -0.271. The van der Waals surface area contributed by atoms with Crippen LogP contribution >= 0.6 is 11.6 Å². The molecule has 0 fully saturated rings. The van der Waals surface area contributed by atoms with E-state index in [1.807, 2.05) is 0 Å². The fourth-order valence-electron chi connectivity index (χ4n) is 1.38. The number of hydrogen-bond donors (Lipinski definition) is 1. The van der Waals surface area contributed by atoms with E-state index in [1.54, 1.807) is 36.4 Å². The van der Waals surface area contributed by atoms with Crippen LogP contribution in [0.4, 0.5) is 0 Å². The van der Waals surface area contributed by atoms with Crippen molar-refractivity contribution in [3.63, 3.8) is 0 Å². The molecular weight excluding hydrogens is 266 g/mol. The van der Waals surface area contributed by atoms with Crippen LogP contribution in [0.1, 0.15) is 10.5 Å². The van der Waals surface area contributed by atoms with Crippen molar-refractivity contribution in [1.82, 2.24) is 15.5 Å². The van der Waals surface area contributed by atoms with Crippen molar-refractivity contribution in [3.8, 4) is 5.75 Å². The van der Waals surface area contributed by atoms with Crippen molar-refractivity contribution in [1.29, 1.82) is 0 Å². The molecule has 6 heteroatoms. The van der Waals surface area contributed by atoms with E-state index in [4.69, 9.17) is 16.3 Å².